The van der Waals surface area contributed by atoms with Gasteiger partial charge in [0.05, 0.1) is 0 Å². The van der Waals surface area contributed by atoms with Crippen molar-refractivity contribution >= 4 is 11.8 Å². The van der Waals surface area contributed by atoms with E-state index in [0.29, 0.717) is 24.9 Å². The van der Waals surface area contributed by atoms with E-state index < -0.39 is 0 Å². The van der Waals surface area contributed by atoms with Gasteiger partial charge in [-0.1, -0.05) is 25.5 Å². The monoisotopic (exact) mass is 328 g/mol. The van der Waals surface area contributed by atoms with Crippen molar-refractivity contribution in [1.82, 2.24) is 9.80 Å². The number of rotatable bonds is 4. The van der Waals surface area contributed by atoms with Gasteiger partial charge in [-0.05, 0) is 49.8 Å². The standard InChI is InChI=1S/C20H28N2O2/c1-3-16-7-6-15(2)22(14-16)20(24)18-10-8-17(9-11-18)13-21-12-4-5-19(21)23/h8-11,15-16H,3-7,12-14H2,1-2H3/t15-,16+/m1/s1. The van der Waals surface area contributed by atoms with Gasteiger partial charge >= 0.3 is 0 Å². The summed E-state index contributed by atoms with van der Waals surface area (Å²) in [5.41, 5.74) is 1.86. The molecule has 0 spiro atoms. The third-order valence-electron chi connectivity index (χ3n) is 5.56. The Bertz CT molecular complexity index is 596. The van der Waals surface area contributed by atoms with Gasteiger partial charge in [-0.2, -0.15) is 0 Å². The minimum atomic E-state index is 0.143. The SMILES string of the molecule is CC[C@H]1CC[C@@H](C)N(C(=O)c2ccc(CN3CCCC3=O)cc2)C1. The van der Waals surface area contributed by atoms with Crippen LogP contribution in [-0.2, 0) is 11.3 Å². The van der Waals surface area contributed by atoms with E-state index in [-0.39, 0.29) is 11.8 Å². The molecule has 4 heteroatoms. The molecule has 0 N–H and O–H groups in total. The van der Waals surface area contributed by atoms with Gasteiger partial charge in [-0.25, -0.2) is 0 Å². The zero-order valence-electron chi connectivity index (χ0n) is 14.8. The molecule has 2 saturated heterocycles. The molecule has 0 radical (unpaired) electrons. The Morgan fingerprint density at radius 3 is 2.58 bits per heavy atom. The van der Waals surface area contributed by atoms with Crippen molar-refractivity contribution in [3.63, 3.8) is 0 Å². The van der Waals surface area contributed by atoms with E-state index in [1.165, 1.54) is 6.42 Å². The Morgan fingerprint density at radius 1 is 1.21 bits per heavy atom. The summed E-state index contributed by atoms with van der Waals surface area (Å²) in [5, 5.41) is 0. The number of carbonyl (C=O) groups excluding carboxylic acids is 2. The van der Waals surface area contributed by atoms with E-state index in [0.717, 1.165) is 43.5 Å². The highest BCUT2D eigenvalue weighted by Crippen LogP contribution is 2.25. The van der Waals surface area contributed by atoms with Crippen LogP contribution >= 0.6 is 0 Å². The van der Waals surface area contributed by atoms with Crippen LogP contribution in [0.15, 0.2) is 24.3 Å². The first-order valence-electron chi connectivity index (χ1n) is 9.26. The quantitative estimate of drug-likeness (QED) is 0.849. The zero-order chi connectivity index (χ0) is 17.1. The zero-order valence-corrected chi connectivity index (χ0v) is 14.8. The van der Waals surface area contributed by atoms with Crippen LogP contribution in [0.2, 0.25) is 0 Å². The summed E-state index contributed by atoms with van der Waals surface area (Å²) in [5.74, 6) is 1.01. The van der Waals surface area contributed by atoms with Crippen LogP contribution in [0.5, 0.6) is 0 Å². The lowest BCUT2D eigenvalue weighted by Gasteiger charge is -2.38. The first kappa shape index (κ1) is 17.0. The van der Waals surface area contributed by atoms with Gasteiger partial charge in [-0.15, -0.1) is 0 Å². The van der Waals surface area contributed by atoms with Crippen LogP contribution in [0.1, 0.15) is 61.9 Å². The fraction of sp³-hybridized carbons (Fsp3) is 0.600. The van der Waals surface area contributed by atoms with Crippen molar-refractivity contribution in [2.45, 2.75) is 58.5 Å². The molecule has 3 rings (SSSR count). The second-order valence-electron chi connectivity index (χ2n) is 7.27. The molecule has 2 amide bonds. The van der Waals surface area contributed by atoms with E-state index in [4.69, 9.17) is 0 Å². The minimum Gasteiger partial charge on any atom is -0.338 e. The number of amides is 2. The summed E-state index contributed by atoms with van der Waals surface area (Å²) in [7, 11) is 0. The molecular formula is C20H28N2O2. The fourth-order valence-electron chi connectivity index (χ4n) is 3.81. The van der Waals surface area contributed by atoms with Gasteiger partial charge in [0, 0.05) is 37.7 Å². The maximum atomic E-state index is 12.8. The number of benzene rings is 1. The van der Waals surface area contributed by atoms with Gasteiger partial charge in [0.25, 0.3) is 5.91 Å². The van der Waals surface area contributed by atoms with Gasteiger partial charge in [0.1, 0.15) is 0 Å². The molecule has 0 saturated carbocycles. The Balaban J connectivity index is 1.66. The second-order valence-corrected chi connectivity index (χ2v) is 7.27. The van der Waals surface area contributed by atoms with E-state index in [2.05, 4.69) is 13.8 Å². The summed E-state index contributed by atoms with van der Waals surface area (Å²) in [4.78, 5) is 28.5. The topological polar surface area (TPSA) is 40.6 Å². The molecule has 24 heavy (non-hydrogen) atoms. The predicted molar refractivity (Wildman–Crippen MR) is 94.6 cm³/mol. The van der Waals surface area contributed by atoms with Gasteiger partial charge < -0.3 is 9.80 Å². The van der Waals surface area contributed by atoms with E-state index in [1.807, 2.05) is 34.1 Å². The third-order valence-corrected chi connectivity index (χ3v) is 5.56. The van der Waals surface area contributed by atoms with Crippen molar-refractivity contribution in [2.24, 2.45) is 5.92 Å². The first-order chi connectivity index (χ1) is 11.6. The average Bonchev–Trinajstić information content (AvgIpc) is 3.00. The molecular weight excluding hydrogens is 300 g/mol. The Morgan fingerprint density at radius 2 is 1.96 bits per heavy atom. The Labute approximate surface area is 144 Å². The maximum absolute atomic E-state index is 12.8. The molecule has 130 valence electrons. The summed E-state index contributed by atoms with van der Waals surface area (Å²) < 4.78 is 0. The minimum absolute atomic E-state index is 0.143. The lowest BCUT2D eigenvalue weighted by atomic mass is 9.91. The molecule has 2 heterocycles. The molecule has 1 aromatic carbocycles. The van der Waals surface area contributed by atoms with Crippen LogP contribution < -0.4 is 0 Å². The summed E-state index contributed by atoms with van der Waals surface area (Å²) in [6.45, 7) is 6.74. The van der Waals surface area contributed by atoms with Crippen molar-refractivity contribution in [2.75, 3.05) is 13.1 Å². The molecule has 1 aromatic rings. The van der Waals surface area contributed by atoms with Crippen molar-refractivity contribution < 1.29 is 9.59 Å². The molecule has 2 aliphatic rings. The smallest absolute Gasteiger partial charge is 0.254 e. The van der Waals surface area contributed by atoms with E-state index in [9.17, 15) is 9.59 Å². The third kappa shape index (κ3) is 3.63. The lowest BCUT2D eigenvalue weighted by molar-refractivity contribution is -0.128. The number of nitrogens with zero attached hydrogens (tertiary/aromatic N) is 2. The molecule has 0 aliphatic carbocycles. The molecule has 4 nitrogen and oxygen atoms in total. The summed E-state index contributed by atoms with van der Waals surface area (Å²) in [6.07, 6.45) is 5.09. The van der Waals surface area contributed by atoms with Crippen LogP contribution in [0.4, 0.5) is 0 Å². The van der Waals surface area contributed by atoms with Crippen LogP contribution in [0.3, 0.4) is 0 Å². The molecule has 0 unspecified atom stereocenters. The van der Waals surface area contributed by atoms with Crippen molar-refractivity contribution in [1.29, 1.82) is 0 Å². The first-order valence-corrected chi connectivity index (χ1v) is 9.26. The summed E-state index contributed by atoms with van der Waals surface area (Å²) >= 11 is 0. The number of piperidine rings is 1. The van der Waals surface area contributed by atoms with Gasteiger partial charge in [-0.3, -0.25) is 9.59 Å². The van der Waals surface area contributed by atoms with Crippen LogP contribution in [-0.4, -0.2) is 40.7 Å². The molecule has 2 atom stereocenters. The Hall–Kier alpha value is -1.84. The second kappa shape index (κ2) is 7.37. The average molecular weight is 328 g/mol. The fourth-order valence-corrected chi connectivity index (χ4v) is 3.81. The van der Waals surface area contributed by atoms with E-state index >= 15 is 0 Å². The molecule has 2 aliphatic heterocycles. The van der Waals surface area contributed by atoms with Crippen molar-refractivity contribution in [3.8, 4) is 0 Å². The number of likely N-dealkylation sites (tertiary alicyclic amines) is 2. The highest BCUT2D eigenvalue weighted by atomic mass is 16.2. The lowest BCUT2D eigenvalue weighted by Crippen LogP contribution is -2.45. The Kier molecular flexibility index (Phi) is 5.22. The van der Waals surface area contributed by atoms with Crippen LogP contribution in [0, 0.1) is 5.92 Å². The molecule has 0 aromatic heterocycles. The molecule has 2 fully saturated rings. The van der Waals surface area contributed by atoms with E-state index in [1.54, 1.807) is 0 Å². The van der Waals surface area contributed by atoms with Gasteiger partial charge in [0.15, 0.2) is 0 Å². The van der Waals surface area contributed by atoms with Crippen molar-refractivity contribution in [3.05, 3.63) is 35.4 Å². The number of hydrogen-bond acceptors (Lipinski definition) is 2. The maximum Gasteiger partial charge on any atom is 0.254 e. The predicted octanol–water partition coefficient (Wildman–Crippen LogP) is 3.46. The normalized spacial score (nSPS) is 24.5. The highest BCUT2D eigenvalue weighted by molar-refractivity contribution is 5.94. The van der Waals surface area contributed by atoms with Gasteiger partial charge in [0.2, 0.25) is 5.91 Å². The number of hydrogen-bond donors (Lipinski definition) is 0. The molecule has 0 bridgehead atoms. The largest absolute Gasteiger partial charge is 0.338 e. The highest BCUT2D eigenvalue weighted by Gasteiger charge is 2.28. The van der Waals surface area contributed by atoms with Crippen LogP contribution in [0.25, 0.3) is 0 Å². The summed E-state index contributed by atoms with van der Waals surface area (Å²) in [6, 6.07) is 8.14. The number of carbonyl (C=O) groups is 2.